The van der Waals surface area contributed by atoms with E-state index in [2.05, 4.69) is 10.6 Å². The molecule has 1 aliphatic carbocycles. The molecule has 0 bridgehead atoms. The third kappa shape index (κ3) is 3.20. The van der Waals surface area contributed by atoms with Crippen molar-refractivity contribution < 1.29 is 19.8 Å². The molecule has 2 rings (SSSR count). The molecule has 1 aromatic carbocycles. The Morgan fingerprint density at radius 2 is 1.95 bits per heavy atom. The second kappa shape index (κ2) is 5.03. The zero-order chi connectivity index (χ0) is 14.9. The van der Waals surface area contributed by atoms with Crippen molar-refractivity contribution in [3.05, 3.63) is 23.8 Å². The van der Waals surface area contributed by atoms with E-state index >= 15 is 0 Å². The molecular formula is C14H18N2O4. The number of anilines is 1. The maximum absolute atomic E-state index is 11.9. The van der Waals surface area contributed by atoms with Crippen LogP contribution in [-0.2, 0) is 0 Å². The van der Waals surface area contributed by atoms with E-state index in [0.717, 1.165) is 18.9 Å². The van der Waals surface area contributed by atoms with Gasteiger partial charge in [0.15, 0.2) is 0 Å². The molecule has 0 heterocycles. The van der Waals surface area contributed by atoms with E-state index in [0.29, 0.717) is 5.92 Å². The molecule has 0 saturated heterocycles. The highest BCUT2D eigenvalue weighted by Crippen LogP contribution is 2.39. The normalized spacial score (nSPS) is 14.7. The van der Waals surface area contributed by atoms with E-state index in [9.17, 15) is 14.7 Å². The molecule has 0 aliphatic heterocycles. The van der Waals surface area contributed by atoms with Crippen LogP contribution < -0.4 is 10.6 Å². The van der Waals surface area contributed by atoms with Crippen LogP contribution in [-0.4, -0.2) is 27.8 Å². The second-order valence-electron chi connectivity index (χ2n) is 5.61. The van der Waals surface area contributed by atoms with Gasteiger partial charge in [-0.15, -0.1) is 0 Å². The van der Waals surface area contributed by atoms with Gasteiger partial charge in [0, 0.05) is 5.54 Å². The first-order valence-corrected chi connectivity index (χ1v) is 6.45. The highest BCUT2D eigenvalue weighted by Gasteiger charge is 2.38. The number of hydrogen-bond acceptors (Lipinski definition) is 3. The van der Waals surface area contributed by atoms with Gasteiger partial charge >= 0.3 is 12.0 Å². The molecule has 1 saturated carbocycles. The van der Waals surface area contributed by atoms with Crippen LogP contribution in [0.5, 0.6) is 5.75 Å². The van der Waals surface area contributed by atoms with Gasteiger partial charge in [-0.3, -0.25) is 0 Å². The molecule has 1 aromatic rings. The minimum absolute atomic E-state index is 0.0354. The Labute approximate surface area is 116 Å². The summed E-state index contributed by atoms with van der Waals surface area (Å²) in [5, 5.41) is 23.9. The molecule has 1 aliphatic rings. The SMILES string of the molecule is CC(C)(NC(=O)Nc1ccc(C(=O)O)cc1O)C1CC1. The molecule has 6 heteroatoms. The van der Waals surface area contributed by atoms with Crippen molar-refractivity contribution in [1.82, 2.24) is 5.32 Å². The van der Waals surface area contributed by atoms with Crippen LogP contribution in [0.1, 0.15) is 37.0 Å². The zero-order valence-corrected chi connectivity index (χ0v) is 11.4. The molecule has 0 spiro atoms. The van der Waals surface area contributed by atoms with Gasteiger partial charge in [-0.25, -0.2) is 9.59 Å². The van der Waals surface area contributed by atoms with Gasteiger partial charge in [-0.05, 0) is 50.8 Å². The number of carbonyl (C=O) groups excluding carboxylic acids is 1. The smallest absolute Gasteiger partial charge is 0.335 e. The van der Waals surface area contributed by atoms with Crippen molar-refractivity contribution in [2.75, 3.05) is 5.32 Å². The van der Waals surface area contributed by atoms with Crippen LogP contribution in [0.25, 0.3) is 0 Å². The van der Waals surface area contributed by atoms with Crippen LogP contribution >= 0.6 is 0 Å². The molecule has 2 amide bonds. The molecule has 0 atom stereocenters. The van der Waals surface area contributed by atoms with Crippen molar-refractivity contribution >= 4 is 17.7 Å². The number of carbonyl (C=O) groups is 2. The van der Waals surface area contributed by atoms with Gasteiger partial charge < -0.3 is 20.8 Å². The molecule has 0 radical (unpaired) electrons. The van der Waals surface area contributed by atoms with Gasteiger partial charge in [0.05, 0.1) is 11.3 Å². The number of phenols is 1. The molecule has 4 N–H and O–H groups in total. The highest BCUT2D eigenvalue weighted by molar-refractivity contribution is 5.93. The van der Waals surface area contributed by atoms with Crippen LogP contribution in [0, 0.1) is 5.92 Å². The summed E-state index contributed by atoms with van der Waals surface area (Å²) in [5.41, 5.74) is -0.147. The summed E-state index contributed by atoms with van der Waals surface area (Å²) < 4.78 is 0. The van der Waals surface area contributed by atoms with E-state index in [1.807, 2.05) is 13.8 Å². The van der Waals surface area contributed by atoms with Gasteiger partial charge in [-0.1, -0.05) is 0 Å². The monoisotopic (exact) mass is 278 g/mol. The minimum atomic E-state index is -1.13. The number of hydrogen-bond donors (Lipinski definition) is 4. The number of urea groups is 1. The Balaban J connectivity index is 2.02. The number of benzene rings is 1. The number of aromatic hydroxyl groups is 1. The fourth-order valence-electron chi connectivity index (χ4n) is 2.12. The zero-order valence-electron chi connectivity index (χ0n) is 11.4. The quantitative estimate of drug-likeness (QED) is 0.635. The largest absolute Gasteiger partial charge is 0.506 e. The first kappa shape index (κ1) is 14.2. The van der Waals surface area contributed by atoms with Crippen LogP contribution in [0.2, 0.25) is 0 Å². The summed E-state index contributed by atoms with van der Waals surface area (Å²) in [7, 11) is 0. The maximum Gasteiger partial charge on any atom is 0.335 e. The number of nitrogens with one attached hydrogen (secondary N) is 2. The van der Waals surface area contributed by atoms with Gasteiger partial charge in [0.2, 0.25) is 0 Å². The number of carboxylic acids is 1. The number of aromatic carboxylic acids is 1. The third-order valence-corrected chi connectivity index (χ3v) is 3.53. The number of rotatable bonds is 4. The van der Waals surface area contributed by atoms with E-state index in [-0.39, 0.29) is 22.5 Å². The lowest BCUT2D eigenvalue weighted by atomic mass is 9.99. The molecule has 1 fully saturated rings. The molecule has 108 valence electrons. The van der Waals surface area contributed by atoms with Crippen molar-refractivity contribution in [3.63, 3.8) is 0 Å². The summed E-state index contributed by atoms with van der Waals surface area (Å²) >= 11 is 0. The number of amides is 2. The van der Waals surface area contributed by atoms with Crippen LogP contribution in [0.4, 0.5) is 10.5 Å². The van der Waals surface area contributed by atoms with E-state index in [1.54, 1.807) is 0 Å². The lowest BCUT2D eigenvalue weighted by Gasteiger charge is -2.26. The Bertz CT molecular complexity index is 550. The molecule has 0 unspecified atom stereocenters. The summed E-state index contributed by atoms with van der Waals surface area (Å²) in [6, 6.07) is 3.37. The van der Waals surface area contributed by atoms with E-state index < -0.39 is 12.0 Å². The first-order valence-electron chi connectivity index (χ1n) is 6.45. The van der Waals surface area contributed by atoms with Crippen molar-refractivity contribution in [2.45, 2.75) is 32.2 Å². The van der Waals surface area contributed by atoms with E-state index in [1.165, 1.54) is 12.1 Å². The molecule has 6 nitrogen and oxygen atoms in total. The fourth-order valence-corrected chi connectivity index (χ4v) is 2.12. The summed E-state index contributed by atoms with van der Waals surface area (Å²) in [6.45, 7) is 3.91. The van der Waals surface area contributed by atoms with Crippen molar-refractivity contribution in [2.24, 2.45) is 5.92 Å². The Kier molecular flexibility index (Phi) is 3.57. The lowest BCUT2D eigenvalue weighted by molar-refractivity contribution is 0.0696. The highest BCUT2D eigenvalue weighted by atomic mass is 16.4. The maximum atomic E-state index is 11.9. The van der Waals surface area contributed by atoms with Crippen molar-refractivity contribution in [1.29, 1.82) is 0 Å². The van der Waals surface area contributed by atoms with Gasteiger partial charge in [-0.2, -0.15) is 0 Å². The second-order valence-corrected chi connectivity index (χ2v) is 5.61. The van der Waals surface area contributed by atoms with Crippen molar-refractivity contribution in [3.8, 4) is 5.75 Å². The summed E-state index contributed by atoms with van der Waals surface area (Å²) in [4.78, 5) is 22.6. The average molecular weight is 278 g/mol. The molecule has 20 heavy (non-hydrogen) atoms. The molecular weight excluding hydrogens is 260 g/mol. The number of phenolic OH excluding ortho intramolecular Hbond substituents is 1. The Hall–Kier alpha value is -2.24. The Morgan fingerprint density at radius 3 is 2.45 bits per heavy atom. The predicted molar refractivity (Wildman–Crippen MR) is 74.0 cm³/mol. The van der Waals surface area contributed by atoms with Gasteiger partial charge in [0.25, 0.3) is 0 Å². The Morgan fingerprint density at radius 1 is 1.30 bits per heavy atom. The average Bonchev–Trinajstić information content (AvgIpc) is 3.14. The lowest BCUT2D eigenvalue weighted by Crippen LogP contribution is -2.47. The van der Waals surface area contributed by atoms with E-state index in [4.69, 9.17) is 5.11 Å². The predicted octanol–water partition coefficient (Wildman–Crippen LogP) is 2.40. The van der Waals surface area contributed by atoms with Gasteiger partial charge in [0.1, 0.15) is 5.75 Å². The third-order valence-electron chi connectivity index (χ3n) is 3.53. The van der Waals surface area contributed by atoms with Crippen LogP contribution in [0.15, 0.2) is 18.2 Å². The summed E-state index contributed by atoms with van der Waals surface area (Å²) in [6.07, 6.45) is 2.21. The first-order chi connectivity index (χ1) is 9.29. The standard InChI is InChI=1S/C14H18N2O4/c1-14(2,9-4-5-9)16-13(20)15-10-6-3-8(12(18)19)7-11(10)17/h3,6-7,9,17H,4-5H2,1-2H3,(H,18,19)(H2,15,16,20). The molecule has 0 aromatic heterocycles. The topological polar surface area (TPSA) is 98.7 Å². The minimum Gasteiger partial charge on any atom is -0.506 e. The van der Waals surface area contributed by atoms with Crippen LogP contribution in [0.3, 0.4) is 0 Å². The summed E-state index contributed by atoms with van der Waals surface area (Å²) in [5.74, 6) is -0.924. The fraction of sp³-hybridized carbons (Fsp3) is 0.429. The number of carboxylic acid groups (broad SMARTS) is 1.